The van der Waals surface area contributed by atoms with Gasteiger partial charge in [-0.15, -0.1) is 0 Å². The van der Waals surface area contributed by atoms with Gasteiger partial charge in [-0.2, -0.15) is 0 Å². The van der Waals surface area contributed by atoms with Gasteiger partial charge in [-0.1, -0.05) is 18.2 Å². The van der Waals surface area contributed by atoms with Gasteiger partial charge < -0.3 is 15.5 Å². The van der Waals surface area contributed by atoms with Crippen molar-refractivity contribution in [3.8, 4) is 0 Å². The molecule has 23 heavy (non-hydrogen) atoms. The quantitative estimate of drug-likeness (QED) is 0.890. The first kappa shape index (κ1) is 16.0. The molecule has 0 saturated carbocycles. The summed E-state index contributed by atoms with van der Waals surface area (Å²) in [6.45, 7) is 1.65. The maximum absolute atomic E-state index is 12.4. The molecular formula is C18H25N3O2. The lowest BCUT2D eigenvalue weighted by atomic mass is 9.89. The largest absolute Gasteiger partial charge is 0.343 e. The van der Waals surface area contributed by atoms with Crippen molar-refractivity contribution in [1.82, 2.24) is 10.2 Å². The topological polar surface area (TPSA) is 61.4 Å². The summed E-state index contributed by atoms with van der Waals surface area (Å²) >= 11 is 0. The number of nitrogens with one attached hydrogen (secondary N) is 2. The molecule has 2 heterocycles. The Morgan fingerprint density at radius 2 is 2.04 bits per heavy atom. The van der Waals surface area contributed by atoms with E-state index in [0.717, 1.165) is 38.0 Å². The molecule has 0 radical (unpaired) electrons. The predicted octanol–water partition coefficient (Wildman–Crippen LogP) is 1.79. The lowest BCUT2D eigenvalue weighted by Crippen LogP contribution is -2.44. The SMILES string of the molecule is CNC1CCN(C(=O)CCC2Cc3ccccc3NC2=O)CC1. The summed E-state index contributed by atoms with van der Waals surface area (Å²) in [7, 11) is 1.97. The smallest absolute Gasteiger partial charge is 0.227 e. The number of rotatable bonds is 4. The van der Waals surface area contributed by atoms with Gasteiger partial charge in [0.05, 0.1) is 0 Å². The lowest BCUT2D eigenvalue weighted by molar-refractivity contribution is -0.132. The number of benzene rings is 1. The highest BCUT2D eigenvalue weighted by Gasteiger charge is 2.28. The van der Waals surface area contributed by atoms with Gasteiger partial charge in [0.2, 0.25) is 11.8 Å². The van der Waals surface area contributed by atoms with Gasteiger partial charge in [0, 0.05) is 37.2 Å². The van der Waals surface area contributed by atoms with Crippen LogP contribution in [0, 0.1) is 5.92 Å². The number of hydrogen-bond acceptors (Lipinski definition) is 3. The number of amides is 2. The molecule has 0 aromatic heterocycles. The minimum Gasteiger partial charge on any atom is -0.343 e. The van der Waals surface area contributed by atoms with Crippen LogP contribution in [0.3, 0.4) is 0 Å². The lowest BCUT2D eigenvalue weighted by Gasteiger charge is -2.32. The minimum absolute atomic E-state index is 0.0467. The van der Waals surface area contributed by atoms with E-state index >= 15 is 0 Å². The third kappa shape index (κ3) is 3.72. The maximum Gasteiger partial charge on any atom is 0.227 e. The van der Waals surface area contributed by atoms with Gasteiger partial charge in [-0.3, -0.25) is 9.59 Å². The van der Waals surface area contributed by atoms with Gasteiger partial charge in [-0.05, 0) is 44.4 Å². The number of piperidine rings is 1. The summed E-state index contributed by atoms with van der Waals surface area (Å²) in [5, 5.41) is 6.23. The first-order valence-electron chi connectivity index (χ1n) is 8.51. The van der Waals surface area contributed by atoms with Crippen LogP contribution in [-0.4, -0.2) is 42.9 Å². The molecule has 0 spiro atoms. The van der Waals surface area contributed by atoms with Crippen molar-refractivity contribution >= 4 is 17.5 Å². The average molecular weight is 315 g/mol. The molecule has 0 bridgehead atoms. The molecule has 5 nitrogen and oxygen atoms in total. The Balaban J connectivity index is 1.51. The van der Waals surface area contributed by atoms with Gasteiger partial charge in [0.1, 0.15) is 0 Å². The average Bonchev–Trinajstić information content (AvgIpc) is 2.59. The summed E-state index contributed by atoms with van der Waals surface area (Å²) in [5.41, 5.74) is 2.08. The maximum atomic E-state index is 12.4. The third-order valence-corrected chi connectivity index (χ3v) is 5.07. The highest BCUT2D eigenvalue weighted by molar-refractivity contribution is 5.96. The van der Waals surface area contributed by atoms with Gasteiger partial charge in [0.25, 0.3) is 0 Å². The summed E-state index contributed by atoms with van der Waals surface area (Å²) in [6.07, 6.45) is 3.85. The van der Waals surface area contributed by atoms with Crippen molar-refractivity contribution in [1.29, 1.82) is 0 Å². The Kier molecular flexibility index (Phi) is 4.96. The number of likely N-dealkylation sites (tertiary alicyclic amines) is 1. The van der Waals surface area contributed by atoms with E-state index in [1.54, 1.807) is 0 Å². The van der Waals surface area contributed by atoms with E-state index < -0.39 is 0 Å². The van der Waals surface area contributed by atoms with E-state index in [4.69, 9.17) is 0 Å². The van der Waals surface area contributed by atoms with E-state index in [9.17, 15) is 9.59 Å². The van der Waals surface area contributed by atoms with Crippen LogP contribution >= 0.6 is 0 Å². The van der Waals surface area contributed by atoms with Crippen molar-refractivity contribution in [3.63, 3.8) is 0 Å². The number of fused-ring (bicyclic) bond motifs is 1. The fourth-order valence-electron chi connectivity index (χ4n) is 3.52. The summed E-state index contributed by atoms with van der Waals surface area (Å²) in [5.74, 6) is 0.139. The fraction of sp³-hybridized carbons (Fsp3) is 0.556. The number of para-hydroxylation sites is 1. The molecule has 2 aliphatic heterocycles. The number of hydrogen-bond donors (Lipinski definition) is 2. The second-order valence-corrected chi connectivity index (χ2v) is 6.53. The van der Waals surface area contributed by atoms with E-state index in [-0.39, 0.29) is 17.7 Å². The zero-order valence-corrected chi connectivity index (χ0v) is 13.7. The molecule has 1 aromatic carbocycles. The van der Waals surface area contributed by atoms with Crippen molar-refractivity contribution in [2.45, 2.75) is 38.1 Å². The molecule has 2 aliphatic rings. The summed E-state index contributed by atoms with van der Waals surface area (Å²) < 4.78 is 0. The van der Waals surface area contributed by atoms with Crippen LogP contribution in [0.15, 0.2) is 24.3 Å². The van der Waals surface area contributed by atoms with Crippen LogP contribution in [0.5, 0.6) is 0 Å². The third-order valence-electron chi connectivity index (χ3n) is 5.07. The highest BCUT2D eigenvalue weighted by Crippen LogP contribution is 2.27. The van der Waals surface area contributed by atoms with Crippen LogP contribution in [0.1, 0.15) is 31.2 Å². The molecule has 0 aliphatic carbocycles. The molecule has 1 fully saturated rings. The van der Waals surface area contributed by atoms with Crippen LogP contribution in [0.4, 0.5) is 5.69 Å². The van der Waals surface area contributed by atoms with Crippen LogP contribution in [0.2, 0.25) is 0 Å². The number of carbonyl (C=O) groups is 2. The molecule has 3 rings (SSSR count). The van der Waals surface area contributed by atoms with Crippen molar-refractivity contribution in [2.24, 2.45) is 5.92 Å². The number of anilines is 1. The zero-order valence-electron chi connectivity index (χ0n) is 13.7. The second-order valence-electron chi connectivity index (χ2n) is 6.53. The van der Waals surface area contributed by atoms with Crippen LogP contribution in [-0.2, 0) is 16.0 Å². The number of nitrogens with zero attached hydrogens (tertiary/aromatic N) is 1. The molecule has 1 saturated heterocycles. The van der Waals surface area contributed by atoms with Crippen LogP contribution in [0.25, 0.3) is 0 Å². The minimum atomic E-state index is -0.0938. The van der Waals surface area contributed by atoms with E-state index in [2.05, 4.69) is 10.6 Å². The standard InChI is InChI=1S/C18H25N3O2/c1-19-15-8-10-21(11-9-15)17(22)7-6-14-12-13-4-2-3-5-16(13)20-18(14)23/h2-5,14-15,19H,6-12H2,1H3,(H,20,23). The Labute approximate surface area is 137 Å². The Morgan fingerprint density at radius 1 is 1.30 bits per heavy atom. The molecular weight excluding hydrogens is 290 g/mol. The molecule has 2 N–H and O–H groups in total. The van der Waals surface area contributed by atoms with Crippen LogP contribution < -0.4 is 10.6 Å². The molecule has 124 valence electrons. The summed E-state index contributed by atoms with van der Waals surface area (Å²) in [6, 6.07) is 8.43. The molecule has 2 amide bonds. The fourth-order valence-corrected chi connectivity index (χ4v) is 3.52. The monoisotopic (exact) mass is 315 g/mol. The molecule has 1 unspecified atom stereocenters. The number of carbonyl (C=O) groups excluding carboxylic acids is 2. The highest BCUT2D eigenvalue weighted by atomic mass is 16.2. The molecule has 1 aromatic rings. The first-order chi connectivity index (χ1) is 11.2. The molecule has 1 atom stereocenters. The molecule has 5 heteroatoms. The van der Waals surface area contributed by atoms with Crippen molar-refractivity contribution < 1.29 is 9.59 Å². The Bertz CT molecular complexity index is 579. The zero-order chi connectivity index (χ0) is 16.2. The predicted molar refractivity (Wildman–Crippen MR) is 90.2 cm³/mol. The normalized spacial score (nSPS) is 21.7. The van der Waals surface area contributed by atoms with Gasteiger partial charge >= 0.3 is 0 Å². The summed E-state index contributed by atoms with van der Waals surface area (Å²) in [4.78, 5) is 26.5. The van der Waals surface area contributed by atoms with E-state index in [1.165, 1.54) is 5.56 Å². The Hall–Kier alpha value is -1.88. The van der Waals surface area contributed by atoms with Gasteiger partial charge in [0.15, 0.2) is 0 Å². The van der Waals surface area contributed by atoms with Crippen molar-refractivity contribution in [3.05, 3.63) is 29.8 Å². The van der Waals surface area contributed by atoms with E-state index in [1.807, 2.05) is 36.2 Å². The first-order valence-corrected chi connectivity index (χ1v) is 8.51. The van der Waals surface area contributed by atoms with E-state index in [0.29, 0.717) is 18.9 Å². The second kappa shape index (κ2) is 7.13. The van der Waals surface area contributed by atoms with Crippen molar-refractivity contribution in [2.75, 3.05) is 25.5 Å². The van der Waals surface area contributed by atoms with Gasteiger partial charge in [-0.25, -0.2) is 0 Å². The Morgan fingerprint density at radius 3 is 2.78 bits per heavy atom.